The van der Waals surface area contributed by atoms with Crippen molar-refractivity contribution in [3.63, 3.8) is 0 Å². The summed E-state index contributed by atoms with van der Waals surface area (Å²) in [5.74, 6) is -2.29. The number of benzene rings is 3. The molecule has 0 unspecified atom stereocenters. The highest BCUT2D eigenvalue weighted by atomic mass is 35.5. The first-order valence-electron chi connectivity index (χ1n) is 9.32. The first-order chi connectivity index (χ1) is 14.8. The van der Waals surface area contributed by atoms with E-state index >= 15 is 0 Å². The van der Waals surface area contributed by atoms with Crippen LogP contribution in [0.15, 0.2) is 66.7 Å². The fraction of sp³-hybridized carbons (Fsp3) is 0.0870. The van der Waals surface area contributed by atoms with Crippen molar-refractivity contribution in [3.8, 4) is 0 Å². The van der Waals surface area contributed by atoms with E-state index < -0.39 is 29.6 Å². The van der Waals surface area contributed by atoms with Crippen LogP contribution in [0.3, 0.4) is 0 Å². The number of fused-ring (bicyclic) bond motifs is 1. The van der Waals surface area contributed by atoms with Gasteiger partial charge < -0.3 is 5.32 Å². The van der Waals surface area contributed by atoms with Gasteiger partial charge in [0.25, 0.3) is 11.8 Å². The number of anilines is 1. The quantitative estimate of drug-likeness (QED) is 0.550. The van der Waals surface area contributed by atoms with Crippen LogP contribution < -0.4 is 5.32 Å². The second-order valence-electron chi connectivity index (χ2n) is 6.99. The molecule has 31 heavy (non-hydrogen) atoms. The molecule has 4 rings (SSSR count). The van der Waals surface area contributed by atoms with E-state index in [4.69, 9.17) is 23.2 Å². The normalized spacial score (nSPS) is 13.8. The van der Waals surface area contributed by atoms with Gasteiger partial charge in [0.1, 0.15) is 11.9 Å². The first kappa shape index (κ1) is 21.0. The van der Waals surface area contributed by atoms with E-state index in [-0.39, 0.29) is 27.6 Å². The molecule has 3 aromatic carbocycles. The predicted molar refractivity (Wildman–Crippen MR) is 116 cm³/mol. The number of imide groups is 1. The number of nitrogens with one attached hydrogen (secondary N) is 1. The Kier molecular flexibility index (Phi) is 5.76. The van der Waals surface area contributed by atoms with Crippen LogP contribution in [-0.2, 0) is 11.2 Å². The van der Waals surface area contributed by atoms with Gasteiger partial charge in [-0.2, -0.15) is 0 Å². The Labute approximate surface area is 187 Å². The Morgan fingerprint density at radius 3 is 2.00 bits per heavy atom. The first-order valence-corrected chi connectivity index (χ1v) is 10.1. The molecule has 0 bridgehead atoms. The fourth-order valence-electron chi connectivity index (χ4n) is 3.43. The monoisotopic (exact) mass is 456 g/mol. The van der Waals surface area contributed by atoms with Gasteiger partial charge in [-0.05, 0) is 42.0 Å². The minimum absolute atomic E-state index is 0.0899. The molecule has 3 aromatic rings. The maximum Gasteiger partial charge on any atom is 0.262 e. The highest BCUT2D eigenvalue weighted by Gasteiger charge is 2.43. The second-order valence-corrected chi connectivity index (χ2v) is 7.81. The van der Waals surface area contributed by atoms with Gasteiger partial charge >= 0.3 is 0 Å². The number of nitrogens with zero attached hydrogens (tertiary/aromatic N) is 1. The number of rotatable bonds is 5. The lowest BCUT2D eigenvalue weighted by atomic mass is 10.0. The Hall–Kier alpha value is -3.22. The van der Waals surface area contributed by atoms with Crippen LogP contribution in [0, 0.1) is 5.82 Å². The van der Waals surface area contributed by atoms with E-state index in [1.807, 2.05) is 6.07 Å². The Bertz CT molecular complexity index is 1140. The summed E-state index contributed by atoms with van der Waals surface area (Å²) in [6, 6.07) is 15.7. The Balaban J connectivity index is 1.70. The molecule has 1 atom stereocenters. The number of halogens is 3. The lowest BCUT2D eigenvalue weighted by Gasteiger charge is -2.25. The Morgan fingerprint density at radius 1 is 0.903 bits per heavy atom. The molecule has 1 heterocycles. The third kappa shape index (κ3) is 4.17. The van der Waals surface area contributed by atoms with E-state index in [1.165, 1.54) is 36.4 Å². The maximum absolute atomic E-state index is 13.2. The third-order valence-electron chi connectivity index (χ3n) is 4.96. The van der Waals surface area contributed by atoms with Crippen molar-refractivity contribution in [2.45, 2.75) is 12.5 Å². The van der Waals surface area contributed by atoms with Crippen LogP contribution in [0.5, 0.6) is 0 Å². The van der Waals surface area contributed by atoms with Crippen LogP contribution in [0.25, 0.3) is 0 Å². The lowest BCUT2D eigenvalue weighted by molar-refractivity contribution is -0.119. The summed E-state index contributed by atoms with van der Waals surface area (Å²) in [7, 11) is 0. The summed E-state index contributed by atoms with van der Waals surface area (Å²) < 4.78 is 13.2. The minimum Gasteiger partial charge on any atom is -0.324 e. The third-order valence-corrected chi connectivity index (χ3v) is 5.68. The summed E-state index contributed by atoms with van der Waals surface area (Å²) in [5, 5.41) is 2.93. The van der Waals surface area contributed by atoms with Crippen LogP contribution in [0.1, 0.15) is 26.3 Å². The topological polar surface area (TPSA) is 66.5 Å². The van der Waals surface area contributed by atoms with Crippen LogP contribution in [-0.4, -0.2) is 28.7 Å². The molecule has 5 nitrogen and oxygen atoms in total. The van der Waals surface area contributed by atoms with Crippen molar-refractivity contribution in [1.29, 1.82) is 0 Å². The molecular formula is C23H15Cl2FN2O3. The van der Waals surface area contributed by atoms with Gasteiger partial charge in [-0.15, -0.1) is 0 Å². The number of carbonyl (C=O) groups is 3. The molecule has 0 aromatic heterocycles. The molecule has 1 aliphatic heterocycles. The number of carbonyl (C=O) groups excluding carboxylic acids is 3. The molecule has 0 saturated carbocycles. The zero-order valence-corrected chi connectivity index (χ0v) is 17.5. The lowest BCUT2D eigenvalue weighted by Crippen LogP contribution is -2.48. The van der Waals surface area contributed by atoms with Gasteiger partial charge in [0.2, 0.25) is 5.91 Å². The van der Waals surface area contributed by atoms with Gasteiger partial charge in [-0.1, -0.05) is 53.5 Å². The van der Waals surface area contributed by atoms with Gasteiger partial charge in [0, 0.05) is 12.1 Å². The van der Waals surface area contributed by atoms with E-state index in [1.54, 1.807) is 24.3 Å². The zero-order valence-electron chi connectivity index (χ0n) is 15.9. The summed E-state index contributed by atoms with van der Waals surface area (Å²) in [5.41, 5.74) is 1.28. The largest absolute Gasteiger partial charge is 0.324 e. The van der Waals surface area contributed by atoms with Crippen molar-refractivity contribution in [2.75, 3.05) is 5.32 Å². The molecule has 0 fully saturated rings. The minimum atomic E-state index is -1.14. The van der Waals surface area contributed by atoms with E-state index in [0.717, 1.165) is 10.5 Å². The molecule has 156 valence electrons. The molecule has 1 N–H and O–H groups in total. The van der Waals surface area contributed by atoms with Crippen molar-refractivity contribution in [2.24, 2.45) is 0 Å². The molecule has 0 saturated heterocycles. The van der Waals surface area contributed by atoms with Crippen LogP contribution >= 0.6 is 23.2 Å². The van der Waals surface area contributed by atoms with E-state index in [9.17, 15) is 18.8 Å². The maximum atomic E-state index is 13.2. The molecule has 0 aliphatic carbocycles. The van der Waals surface area contributed by atoms with E-state index in [2.05, 4.69) is 5.32 Å². The molecule has 0 spiro atoms. The summed E-state index contributed by atoms with van der Waals surface area (Å²) >= 11 is 12.0. The highest BCUT2D eigenvalue weighted by Crippen LogP contribution is 2.33. The predicted octanol–water partition coefficient (Wildman–Crippen LogP) is 4.98. The highest BCUT2D eigenvalue weighted by molar-refractivity contribution is 6.43. The van der Waals surface area contributed by atoms with Crippen molar-refractivity contribution < 1.29 is 18.8 Å². The van der Waals surface area contributed by atoms with Crippen LogP contribution in [0.2, 0.25) is 10.0 Å². The van der Waals surface area contributed by atoms with Crippen molar-refractivity contribution in [3.05, 3.63) is 99.3 Å². The van der Waals surface area contributed by atoms with Gasteiger partial charge in [-0.3, -0.25) is 19.3 Å². The van der Waals surface area contributed by atoms with Crippen molar-refractivity contribution in [1.82, 2.24) is 4.90 Å². The average molecular weight is 457 g/mol. The summed E-state index contributed by atoms with van der Waals surface area (Å²) in [4.78, 5) is 40.2. The molecular weight excluding hydrogens is 442 g/mol. The SMILES string of the molecule is O=C(Nc1ccc(F)cc1)[C@H](Cc1ccccc1)N1C(=O)c2cc(Cl)c(Cl)cc2C1=O. The smallest absolute Gasteiger partial charge is 0.262 e. The average Bonchev–Trinajstić information content (AvgIpc) is 2.99. The number of hydrogen-bond acceptors (Lipinski definition) is 3. The zero-order chi connectivity index (χ0) is 22.1. The molecule has 8 heteroatoms. The Morgan fingerprint density at radius 2 is 1.45 bits per heavy atom. The second kappa shape index (κ2) is 8.49. The number of hydrogen-bond donors (Lipinski definition) is 1. The fourth-order valence-corrected chi connectivity index (χ4v) is 3.76. The molecule has 3 amide bonds. The number of amides is 3. The van der Waals surface area contributed by atoms with Crippen LogP contribution in [0.4, 0.5) is 10.1 Å². The van der Waals surface area contributed by atoms with Crippen molar-refractivity contribution >= 4 is 46.6 Å². The summed E-state index contributed by atoms with van der Waals surface area (Å²) in [6.45, 7) is 0. The van der Waals surface area contributed by atoms with Gasteiger partial charge in [-0.25, -0.2) is 4.39 Å². The van der Waals surface area contributed by atoms with Gasteiger partial charge in [0.15, 0.2) is 0 Å². The summed E-state index contributed by atoms with van der Waals surface area (Å²) in [6.07, 6.45) is 0.0980. The molecule has 1 aliphatic rings. The molecule has 0 radical (unpaired) electrons. The van der Waals surface area contributed by atoms with Gasteiger partial charge in [0.05, 0.1) is 21.2 Å². The van der Waals surface area contributed by atoms with E-state index in [0.29, 0.717) is 5.69 Å². The standard InChI is InChI=1S/C23H15Cl2FN2O3/c24-18-11-16-17(12-19(18)25)23(31)28(22(16)30)20(10-13-4-2-1-3-5-13)21(29)27-15-8-6-14(26)7-9-15/h1-9,11-12,20H,10H2,(H,27,29)/t20-/m0/s1.